The molecule has 0 bridgehead atoms. The van der Waals surface area contributed by atoms with Gasteiger partial charge in [0.2, 0.25) is 0 Å². The van der Waals surface area contributed by atoms with Crippen molar-refractivity contribution in [3.8, 4) is 0 Å². The van der Waals surface area contributed by atoms with Gasteiger partial charge in [-0.25, -0.2) is 4.98 Å². The number of carbonyl (C=O) groups is 1. The lowest BCUT2D eigenvalue weighted by Gasteiger charge is -2.18. The number of rotatable bonds is 4. The molecule has 0 radical (unpaired) electrons. The first-order chi connectivity index (χ1) is 13.3. The number of aliphatic hydroxyl groups excluding tert-OH is 1. The summed E-state index contributed by atoms with van der Waals surface area (Å²) in [6, 6.07) is 11.0. The van der Waals surface area contributed by atoms with E-state index in [1.165, 1.54) is 0 Å². The summed E-state index contributed by atoms with van der Waals surface area (Å²) in [5, 5.41) is 27.9. The van der Waals surface area contributed by atoms with Crippen LogP contribution in [0, 0.1) is 19.3 Å². The number of aliphatic carboxylic acids is 1. The van der Waals surface area contributed by atoms with Gasteiger partial charge in [0.15, 0.2) is 0 Å². The van der Waals surface area contributed by atoms with E-state index in [2.05, 4.69) is 9.97 Å². The molecule has 0 spiro atoms. The van der Waals surface area contributed by atoms with Crippen LogP contribution in [0.4, 0.5) is 5.69 Å². The molecule has 1 aliphatic rings. The number of fused-ring (bicyclic) bond motifs is 1. The van der Waals surface area contributed by atoms with Gasteiger partial charge in [0.05, 0.1) is 29.6 Å². The number of anilines is 1. The van der Waals surface area contributed by atoms with Gasteiger partial charge in [-0.1, -0.05) is 12.1 Å². The van der Waals surface area contributed by atoms with Crippen molar-refractivity contribution in [3.05, 3.63) is 64.7 Å². The predicted octanol–water partition coefficient (Wildman–Crippen LogP) is 3.57. The minimum Gasteiger partial charge on any atom is -0.509 e. The number of amidine groups is 1. The number of H-pyrrole nitrogens is 1. The van der Waals surface area contributed by atoms with Gasteiger partial charge in [0.25, 0.3) is 0 Å². The third-order valence-electron chi connectivity index (χ3n) is 5.04. The minimum absolute atomic E-state index is 0.0513. The van der Waals surface area contributed by atoms with Crippen LogP contribution in [-0.2, 0) is 11.2 Å². The molecule has 0 saturated carbocycles. The molecule has 2 aromatic carbocycles. The van der Waals surface area contributed by atoms with Crippen molar-refractivity contribution in [2.75, 3.05) is 11.4 Å². The molecule has 0 unspecified atom stereocenters. The van der Waals surface area contributed by atoms with Crippen molar-refractivity contribution in [1.29, 1.82) is 5.41 Å². The van der Waals surface area contributed by atoms with Crippen LogP contribution >= 0.6 is 0 Å². The van der Waals surface area contributed by atoms with Gasteiger partial charge < -0.3 is 20.1 Å². The van der Waals surface area contributed by atoms with E-state index in [4.69, 9.17) is 10.5 Å². The molecule has 3 aromatic rings. The summed E-state index contributed by atoms with van der Waals surface area (Å²) < 4.78 is 0. The van der Waals surface area contributed by atoms with Crippen LogP contribution in [0.5, 0.6) is 0 Å². The normalized spacial score (nSPS) is 14.4. The van der Waals surface area contributed by atoms with Crippen molar-refractivity contribution in [1.82, 2.24) is 9.97 Å². The number of aromatic amines is 1. The number of carboxylic acids is 1. The van der Waals surface area contributed by atoms with E-state index in [-0.39, 0.29) is 24.6 Å². The molecule has 142 valence electrons. The van der Waals surface area contributed by atoms with Crippen molar-refractivity contribution in [2.24, 2.45) is 0 Å². The Morgan fingerprint density at radius 1 is 1.21 bits per heavy atom. The fraction of sp³-hybridized carbons (Fsp3) is 0.190. The summed E-state index contributed by atoms with van der Waals surface area (Å²) >= 11 is 0. The molecule has 0 fully saturated rings. The van der Waals surface area contributed by atoms with Crippen LogP contribution in [0.3, 0.4) is 0 Å². The topological polar surface area (TPSA) is 113 Å². The van der Waals surface area contributed by atoms with Gasteiger partial charge >= 0.3 is 5.97 Å². The van der Waals surface area contributed by atoms with Crippen molar-refractivity contribution < 1.29 is 15.0 Å². The molecule has 0 atom stereocenters. The number of aliphatic hydroxyl groups is 1. The van der Waals surface area contributed by atoms with E-state index in [0.717, 1.165) is 22.2 Å². The highest BCUT2D eigenvalue weighted by Gasteiger charge is 2.31. The van der Waals surface area contributed by atoms with Crippen LogP contribution in [0.25, 0.3) is 16.6 Å². The van der Waals surface area contributed by atoms with Gasteiger partial charge in [0, 0.05) is 5.69 Å². The summed E-state index contributed by atoms with van der Waals surface area (Å²) in [6.45, 7) is 4.22. The van der Waals surface area contributed by atoms with E-state index in [9.17, 15) is 9.90 Å². The number of aryl methyl sites for hydroxylation is 2. The smallest absolute Gasteiger partial charge is 0.307 e. The minimum atomic E-state index is -0.890. The van der Waals surface area contributed by atoms with Gasteiger partial charge in [-0.2, -0.15) is 0 Å². The van der Waals surface area contributed by atoms with E-state index < -0.39 is 5.97 Å². The molecular formula is C21H20N4O3. The van der Waals surface area contributed by atoms with Gasteiger partial charge in [-0.15, -0.1) is 0 Å². The van der Waals surface area contributed by atoms with E-state index in [0.29, 0.717) is 22.6 Å². The standard InChI is InChI=1S/C21H20N4O3/c1-11-7-15-16(8-12(11)2)24-21(23-15)19-17(26)10-25(20(19)22)14-5-3-13(4-6-14)9-18(27)28/h3-8,22,26H,9-10H2,1-2H3,(H,23,24)(H,27,28). The maximum absolute atomic E-state index is 10.8. The Hall–Kier alpha value is -3.61. The third-order valence-corrected chi connectivity index (χ3v) is 5.04. The van der Waals surface area contributed by atoms with Gasteiger partial charge in [-0.05, 0) is 54.8 Å². The molecule has 0 saturated heterocycles. The molecule has 1 aromatic heterocycles. The Morgan fingerprint density at radius 2 is 1.89 bits per heavy atom. The van der Waals surface area contributed by atoms with Gasteiger partial charge in [0.1, 0.15) is 17.4 Å². The maximum atomic E-state index is 10.8. The Labute approximate surface area is 161 Å². The number of nitrogens with one attached hydrogen (secondary N) is 2. The number of benzene rings is 2. The zero-order valence-corrected chi connectivity index (χ0v) is 15.6. The number of nitrogens with zero attached hydrogens (tertiary/aromatic N) is 2. The molecule has 1 aliphatic heterocycles. The fourth-order valence-electron chi connectivity index (χ4n) is 3.41. The maximum Gasteiger partial charge on any atom is 0.307 e. The molecule has 0 amide bonds. The highest BCUT2D eigenvalue weighted by molar-refractivity contribution is 6.30. The molecular weight excluding hydrogens is 356 g/mol. The average Bonchev–Trinajstić information content (AvgIpc) is 3.15. The first-order valence-electron chi connectivity index (χ1n) is 8.90. The molecule has 0 aliphatic carbocycles. The second-order valence-electron chi connectivity index (χ2n) is 7.03. The second kappa shape index (κ2) is 6.53. The largest absolute Gasteiger partial charge is 0.509 e. The number of carboxylic acid groups (broad SMARTS) is 1. The molecule has 28 heavy (non-hydrogen) atoms. The first-order valence-corrected chi connectivity index (χ1v) is 8.90. The fourth-order valence-corrected chi connectivity index (χ4v) is 3.41. The van der Waals surface area contributed by atoms with Crippen molar-refractivity contribution >= 4 is 34.1 Å². The second-order valence-corrected chi connectivity index (χ2v) is 7.03. The zero-order chi connectivity index (χ0) is 20.0. The van der Waals surface area contributed by atoms with E-state index in [1.807, 2.05) is 26.0 Å². The molecule has 7 heteroatoms. The summed E-state index contributed by atoms with van der Waals surface area (Å²) in [4.78, 5) is 20.3. The monoisotopic (exact) mass is 376 g/mol. The SMILES string of the molecule is Cc1cc2nc(C3=C(O)CN(c4ccc(CC(=O)O)cc4)C3=N)[nH]c2cc1C. The van der Waals surface area contributed by atoms with Crippen molar-refractivity contribution in [2.45, 2.75) is 20.3 Å². The molecule has 4 N–H and O–H groups in total. The van der Waals surface area contributed by atoms with Crippen LogP contribution < -0.4 is 4.90 Å². The Balaban J connectivity index is 1.64. The summed E-state index contributed by atoms with van der Waals surface area (Å²) in [5.41, 5.74) is 5.70. The molecule has 2 heterocycles. The van der Waals surface area contributed by atoms with E-state index in [1.54, 1.807) is 29.2 Å². The lowest BCUT2D eigenvalue weighted by Crippen LogP contribution is -2.26. The Morgan fingerprint density at radius 3 is 2.57 bits per heavy atom. The van der Waals surface area contributed by atoms with Crippen LogP contribution in [0.1, 0.15) is 22.5 Å². The summed E-state index contributed by atoms with van der Waals surface area (Å²) in [6.07, 6.45) is -0.0513. The first kappa shape index (κ1) is 17.8. The highest BCUT2D eigenvalue weighted by atomic mass is 16.4. The van der Waals surface area contributed by atoms with E-state index >= 15 is 0 Å². The summed E-state index contributed by atoms with van der Waals surface area (Å²) in [7, 11) is 0. The highest BCUT2D eigenvalue weighted by Crippen LogP contribution is 2.31. The van der Waals surface area contributed by atoms with Crippen LogP contribution in [0.2, 0.25) is 0 Å². The quantitative estimate of drug-likeness (QED) is 0.556. The Bertz CT molecular complexity index is 1100. The lowest BCUT2D eigenvalue weighted by atomic mass is 10.1. The van der Waals surface area contributed by atoms with Gasteiger partial charge in [-0.3, -0.25) is 10.2 Å². The van der Waals surface area contributed by atoms with Crippen LogP contribution in [-0.4, -0.2) is 38.5 Å². The number of imidazole rings is 1. The Kier molecular flexibility index (Phi) is 4.15. The van der Waals surface area contributed by atoms with Crippen LogP contribution in [0.15, 0.2) is 42.2 Å². The predicted molar refractivity (Wildman–Crippen MR) is 108 cm³/mol. The summed E-state index contributed by atoms with van der Waals surface area (Å²) in [5.74, 6) is -0.200. The molecule has 7 nitrogen and oxygen atoms in total. The molecule has 4 rings (SSSR count). The van der Waals surface area contributed by atoms with Crippen molar-refractivity contribution in [3.63, 3.8) is 0 Å². The third kappa shape index (κ3) is 3.00. The number of aromatic nitrogens is 2. The lowest BCUT2D eigenvalue weighted by molar-refractivity contribution is -0.136. The zero-order valence-electron chi connectivity index (χ0n) is 15.6. The number of hydrogen-bond donors (Lipinski definition) is 4. The average molecular weight is 376 g/mol. The number of hydrogen-bond acceptors (Lipinski definition) is 4.